The van der Waals surface area contributed by atoms with E-state index in [1.54, 1.807) is 23.2 Å². The maximum absolute atomic E-state index is 12.2. The lowest BCUT2D eigenvalue weighted by atomic mass is 10.0. The van der Waals surface area contributed by atoms with E-state index in [9.17, 15) is 9.59 Å². The van der Waals surface area contributed by atoms with Crippen molar-refractivity contribution in [2.24, 2.45) is 14.1 Å². The van der Waals surface area contributed by atoms with Gasteiger partial charge in [0.1, 0.15) is 0 Å². The Morgan fingerprint density at radius 1 is 0.957 bits per heavy atom. The van der Waals surface area contributed by atoms with Gasteiger partial charge in [-0.3, -0.25) is 13.9 Å². The van der Waals surface area contributed by atoms with E-state index in [1.165, 1.54) is 0 Å². The highest BCUT2D eigenvalue weighted by molar-refractivity contribution is 6.34. The molecule has 1 aliphatic heterocycles. The van der Waals surface area contributed by atoms with Gasteiger partial charge in [-0.15, -0.1) is 0 Å². The second kappa shape index (κ2) is 4.71. The molecule has 5 heteroatoms. The highest BCUT2D eigenvalue weighted by Gasteiger charge is 2.23. The normalized spacial score (nSPS) is 15.2. The number of anilines is 1. The lowest BCUT2D eigenvalue weighted by molar-refractivity contribution is -0.110. The van der Waals surface area contributed by atoms with Crippen LogP contribution in [-0.2, 0) is 18.9 Å². The van der Waals surface area contributed by atoms with Crippen LogP contribution in [0.3, 0.4) is 0 Å². The van der Waals surface area contributed by atoms with Gasteiger partial charge in [-0.05, 0) is 29.8 Å². The number of nitrogens with one attached hydrogen (secondary N) is 1. The first kappa shape index (κ1) is 13.6. The van der Waals surface area contributed by atoms with Crippen molar-refractivity contribution in [1.29, 1.82) is 0 Å². The lowest BCUT2D eigenvalue weighted by Crippen LogP contribution is -2.19. The quantitative estimate of drug-likeness (QED) is 0.702. The summed E-state index contributed by atoms with van der Waals surface area (Å²) in [4.78, 5) is 24.2. The second-order valence-corrected chi connectivity index (χ2v) is 5.71. The molecule has 1 aromatic heterocycles. The summed E-state index contributed by atoms with van der Waals surface area (Å²) in [6.45, 7) is 0. The average molecular weight is 305 g/mol. The zero-order valence-corrected chi connectivity index (χ0v) is 12.8. The molecule has 4 rings (SSSR count). The highest BCUT2D eigenvalue weighted by Crippen LogP contribution is 2.32. The van der Waals surface area contributed by atoms with Crippen molar-refractivity contribution in [2.75, 3.05) is 5.32 Å². The van der Waals surface area contributed by atoms with E-state index in [2.05, 4.69) is 5.32 Å². The van der Waals surface area contributed by atoms with Crippen molar-refractivity contribution >= 4 is 34.3 Å². The predicted molar refractivity (Wildman–Crippen MR) is 91.1 cm³/mol. The third-order valence-electron chi connectivity index (χ3n) is 4.32. The lowest BCUT2D eigenvalue weighted by Gasteiger charge is -2.00. The summed E-state index contributed by atoms with van der Waals surface area (Å²) < 4.78 is 3.23. The Bertz CT molecular complexity index is 1050. The number of carbonyl (C=O) groups excluding carboxylic acids is 1. The number of nitrogens with zero attached hydrogens (tertiary/aromatic N) is 2. The molecule has 5 nitrogen and oxygen atoms in total. The van der Waals surface area contributed by atoms with Crippen molar-refractivity contribution in [3.63, 3.8) is 0 Å². The van der Waals surface area contributed by atoms with Crippen molar-refractivity contribution in [1.82, 2.24) is 9.13 Å². The Morgan fingerprint density at radius 2 is 1.70 bits per heavy atom. The predicted octanol–water partition coefficient (Wildman–Crippen LogP) is 2.37. The molecule has 1 aliphatic rings. The molecule has 23 heavy (non-hydrogen) atoms. The molecule has 2 heterocycles. The molecule has 0 atom stereocenters. The fourth-order valence-electron chi connectivity index (χ4n) is 3.06. The molecule has 1 N–H and O–H groups in total. The number of fused-ring (bicyclic) bond motifs is 2. The van der Waals surface area contributed by atoms with Gasteiger partial charge in [-0.25, -0.2) is 4.79 Å². The van der Waals surface area contributed by atoms with Crippen molar-refractivity contribution in [2.45, 2.75) is 0 Å². The van der Waals surface area contributed by atoms with Crippen LogP contribution in [-0.4, -0.2) is 15.0 Å². The van der Waals surface area contributed by atoms with Gasteiger partial charge in [0.15, 0.2) is 0 Å². The third-order valence-corrected chi connectivity index (χ3v) is 4.32. The van der Waals surface area contributed by atoms with E-state index in [4.69, 9.17) is 0 Å². The highest BCUT2D eigenvalue weighted by atomic mass is 16.2. The van der Waals surface area contributed by atoms with Gasteiger partial charge < -0.3 is 5.32 Å². The first-order chi connectivity index (χ1) is 11.1. The fraction of sp³-hybridized carbons (Fsp3) is 0.111. The summed E-state index contributed by atoms with van der Waals surface area (Å²) in [5, 5.41) is 2.86. The van der Waals surface area contributed by atoms with Crippen LogP contribution >= 0.6 is 0 Å². The summed E-state index contributed by atoms with van der Waals surface area (Å²) in [7, 11) is 3.50. The molecular weight excluding hydrogens is 290 g/mol. The second-order valence-electron chi connectivity index (χ2n) is 5.71. The first-order valence-electron chi connectivity index (χ1n) is 7.34. The van der Waals surface area contributed by atoms with Crippen LogP contribution < -0.4 is 11.0 Å². The molecule has 0 spiro atoms. The Kier molecular flexibility index (Phi) is 2.78. The maximum Gasteiger partial charge on any atom is 0.328 e. The van der Waals surface area contributed by atoms with Gasteiger partial charge in [0.25, 0.3) is 5.91 Å². The summed E-state index contributed by atoms with van der Waals surface area (Å²) in [5.41, 5.74) is 4.92. The Morgan fingerprint density at radius 3 is 2.52 bits per heavy atom. The van der Waals surface area contributed by atoms with Crippen LogP contribution in [0.5, 0.6) is 0 Å². The molecule has 0 saturated heterocycles. The van der Waals surface area contributed by atoms with Crippen molar-refractivity contribution in [3.8, 4) is 0 Å². The molecule has 114 valence electrons. The molecule has 0 fully saturated rings. The summed E-state index contributed by atoms with van der Waals surface area (Å²) >= 11 is 0. The first-order valence-corrected chi connectivity index (χ1v) is 7.34. The van der Waals surface area contributed by atoms with Crippen LogP contribution in [0.15, 0.2) is 47.3 Å². The number of hydrogen-bond donors (Lipinski definition) is 1. The van der Waals surface area contributed by atoms with E-state index in [0.29, 0.717) is 5.57 Å². The Labute approximate surface area is 132 Å². The Hall–Kier alpha value is -3.08. The number of aryl methyl sites for hydroxylation is 2. The van der Waals surface area contributed by atoms with Crippen LogP contribution in [0.4, 0.5) is 5.69 Å². The minimum atomic E-state index is -0.103. The molecule has 0 bridgehead atoms. The molecule has 2 aromatic carbocycles. The average Bonchev–Trinajstić information content (AvgIpc) is 2.98. The molecule has 0 saturated carbocycles. The minimum Gasteiger partial charge on any atom is -0.321 e. The molecule has 0 unspecified atom stereocenters. The topological polar surface area (TPSA) is 56.0 Å². The number of imidazole rings is 1. The number of para-hydroxylation sites is 1. The maximum atomic E-state index is 12.2. The molecule has 1 amide bonds. The molecular formula is C18H15N3O2. The molecule has 0 aliphatic carbocycles. The van der Waals surface area contributed by atoms with E-state index < -0.39 is 0 Å². The number of amides is 1. The SMILES string of the molecule is Cn1c(=O)n(C)c2cc(/C=C3\C(=O)Nc4ccccc43)ccc21. The van der Waals surface area contributed by atoms with Gasteiger partial charge >= 0.3 is 5.69 Å². The smallest absolute Gasteiger partial charge is 0.321 e. The number of aromatic nitrogens is 2. The van der Waals surface area contributed by atoms with Gasteiger partial charge in [0.05, 0.1) is 11.0 Å². The zero-order chi connectivity index (χ0) is 16.1. The third kappa shape index (κ3) is 1.93. The summed E-state index contributed by atoms with van der Waals surface area (Å²) in [6, 6.07) is 13.4. The van der Waals surface area contributed by atoms with Crippen molar-refractivity contribution in [3.05, 3.63) is 64.1 Å². The van der Waals surface area contributed by atoms with Crippen LogP contribution in [0.25, 0.3) is 22.7 Å². The number of benzene rings is 2. The largest absolute Gasteiger partial charge is 0.328 e. The van der Waals surface area contributed by atoms with Gasteiger partial charge in [0, 0.05) is 30.9 Å². The Balaban J connectivity index is 1.89. The van der Waals surface area contributed by atoms with E-state index in [0.717, 1.165) is 27.8 Å². The zero-order valence-electron chi connectivity index (χ0n) is 12.8. The van der Waals surface area contributed by atoms with E-state index in [-0.39, 0.29) is 11.6 Å². The summed E-state index contributed by atoms with van der Waals surface area (Å²) in [5.74, 6) is -0.103. The monoisotopic (exact) mass is 305 g/mol. The van der Waals surface area contributed by atoms with Crippen molar-refractivity contribution < 1.29 is 4.79 Å². The minimum absolute atomic E-state index is 0.0613. The van der Waals surface area contributed by atoms with Gasteiger partial charge in [-0.1, -0.05) is 24.3 Å². The summed E-state index contributed by atoms with van der Waals surface area (Å²) in [6.07, 6.45) is 1.86. The fourth-order valence-corrected chi connectivity index (χ4v) is 3.06. The van der Waals surface area contributed by atoms with Crippen LogP contribution in [0.2, 0.25) is 0 Å². The van der Waals surface area contributed by atoms with E-state index >= 15 is 0 Å². The number of hydrogen-bond acceptors (Lipinski definition) is 2. The molecule has 3 aromatic rings. The standard InChI is InChI=1S/C18H15N3O2/c1-20-15-8-7-11(10-16(15)21(2)18(20)23)9-13-12-5-3-4-6-14(12)19-17(13)22/h3-10H,1-2H3,(H,19,22)/b13-9-. The number of rotatable bonds is 1. The molecule has 0 radical (unpaired) electrons. The van der Waals surface area contributed by atoms with Gasteiger partial charge in [0.2, 0.25) is 0 Å². The van der Waals surface area contributed by atoms with Gasteiger partial charge in [-0.2, -0.15) is 0 Å². The van der Waals surface area contributed by atoms with Crippen LogP contribution in [0.1, 0.15) is 11.1 Å². The van der Waals surface area contributed by atoms with Crippen LogP contribution in [0, 0.1) is 0 Å². The van der Waals surface area contributed by atoms with E-state index in [1.807, 2.05) is 48.5 Å². The number of carbonyl (C=O) groups is 1.